The van der Waals surface area contributed by atoms with Gasteiger partial charge in [0.05, 0.1) is 5.41 Å². The molecule has 29 heavy (non-hydrogen) atoms. The maximum atomic E-state index is 13.1. The van der Waals surface area contributed by atoms with E-state index in [1.807, 2.05) is 30.3 Å². The number of anilines is 2. The molecular formula is C23H27N3O3. The van der Waals surface area contributed by atoms with E-state index in [4.69, 9.17) is 9.47 Å². The van der Waals surface area contributed by atoms with Crippen LogP contribution in [0.5, 0.6) is 11.5 Å². The third-order valence-electron chi connectivity index (χ3n) is 6.27. The lowest BCUT2D eigenvalue weighted by Crippen LogP contribution is -2.44. The molecule has 3 aliphatic rings. The van der Waals surface area contributed by atoms with Gasteiger partial charge in [0.1, 0.15) is 13.2 Å². The summed E-state index contributed by atoms with van der Waals surface area (Å²) in [4.78, 5) is 17.8. The van der Waals surface area contributed by atoms with Crippen LogP contribution in [0.3, 0.4) is 0 Å². The van der Waals surface area contributed by atoms with Crippen LogP contribution in [0, 0.1) is 0 Å². The van der Waals surface area contributed by atoms with E-state index >= 15 is 0 Å². The largest absolute Gasteiger partial charge is 0.486 e. The quantitative estimate of drug-likeness (QED) is 0.866. The Balaban J connectivity index is 1.28. The van der Waals surface area contributed by atoms with Crippen LogP contribution in [-0.2, 0) is 10.2 Å². The smallest absolute Gasteiger partial charge is 0.235 e. The minimum atomic E-state index is -0.452. The van der Waals surface area contributed by atoms with Crippen LogP contribution < -0.4 is 19.7 Å². The lowest BCUT2D eigenvalue weighted by atomic mass is 9.94. The van der Waals surface area contributed by atoms with Crippen molar-refractivity contribution in [2.24, 2.45) is 0 Å². The number of amides is 1. The molecule has 2 heterocycles. The van der Waals surface area contributed by atoms with Crippen LogP contribution in [0.25, 0.3) is 0 Å². The Labute approximate surface area is 171 Å². The molecule has 0 aromatic heterocycles. The molecule has 1 aliphatic carbocycles. The Bertz CT molecular complexity index is 900. The Morgan fingerprint density at radius 3 is 2.31 bits per heavy atom. The van der Waals surface area contributed by atoms with E-state index in [2.05, 4.69) is 34.3 Å². The summed E-state index contributed by atoms with van der Waals surface area (Å²) in [5.41, 5.74) is 2.61. The molecule has 1 amide bonds. The Hall–Kier alpha value is -2.73. The number of hydrogen-bond acceptors (Lipinski definition) is 5. The van der Waals surface area contributed by atoms with E-state index in [1.165, 1.54) is 5.69 Å². The minimum absolute atomic E-state index is 0.0570. The SMILES string of the molecule is CN1CCN(c2ccc(NC(=O)C3(c4ccc5c(c4)OCCO5)CC3)cc2)CC1. The van der Waals surface area contributed by atoms with Crippen molar-refractivity contribution >= 4 is 17.3 Å². The summed E-state index contributed by atoms with van der Waals surface area (Å²) in [6.45, 7) is 5.36. The molecule has 5 rings (SSSR count). The predicted molar refractivity (Wildman–Crippen MR) is 113 cm³/mol. The number of carbonyl (C=O) groups is 1. The van der Waals surface area contributed by atoms with Crippen molar-refractivity contribution in [3.63, 3.8) is 0 Å². The zero-order valence-corrected chi connectivity index (χ0v) is 16.8. The fourth-order valence-electron chi connectivity index (χ4n) is 4.18. The maximum Gasteiger partial charge on any atom is 0.235 e. The van der Waals surface area contributed by atoms with Crippen molar-refractivity contribution in [3.05, 3.63) is 48.0 Å². The zero-order chi connectivity index (χ0) is 19.8. The summed E-state index contributed by atoms with van der Waals surface area (Å²) >= 11 is 0. The average Bonchev–Trinajstić information content (AvgIpc) is 3.57. The minimum Gasteiger partial charge on any atom is -0.486 e. The molecule has 6 heteroatoms. The second kappa shape index (κ2) is 7.26. The maximum absolute atomic E-state index is 13.1. The average molecular weight is 393 g/mol. The van der Waals surface area contributed by atoms with Gasteiger partial charge in [0.25, 0.3) is 0 Å². The first kappa shape index (κ1) is 18.3. The summed E-state index contributed by atoms with van der Waals surface area (Å²) in [5, 5.41) is 3.12. The van der Waals surface area contributed by atoms with Gasteiger partial charge in [-0.1, -0.05) is 6.07 Å². The summed E-state index contributed by atoms with van der Waals surface area (Å²) < 4.78 is 11.3. The molecule has 0 radical (unpaired) electrons. The summed E-state index contributed by atoms with van der Waals surface area (Å²) in [7, 11) is 2.16. The van der Waals surface area contributed by atoms with E-state index in [0.29, 0.717) is 13.2 Å². The standard InChI is InChI=1S/C23H27N3O3/c1-25-10-12-26(13-11-25)19-5-3-18(4-6-19)24-22(27)23(8-9-23)17-2-7-20-21(16-17)29-15-14-28-20/h2-7,16H,8-15H2,1H3,(H,24,27). The van der Waals surface area contributed by atoms with E-state index in [1.54, 1.807) is 0 Å². The second-order valence-electron chi connectivity index (χ2n) is 8.23. The van der Waals surface area contributed by atoms with Crippen LogP contribution in [0.2, 0.25) is 0 Å². The topological polar surface area (TPSA) is 54.0 Å². The molecule has 2 fully saturated rings. The monoisotopic (exact) mass is 393 g/mol. The summed E-state index contributed by atoms with van der Waals surface area (Å²) in [6.07, 6.45) is 1.72. The lowest BCUT2D eigenvalue weighted by molar-refractivity contribution is -0.118. The highest BCUT2D eigenvalue weighted by Crippen LogP contribution is 2.50. The van der Waals surface area contributed by atoms with Crippen molar-refractivity contribution in [2.75, 3.05) is 56.7 Å². The van der Waals surface area contributed by atoms with Crippen LogP contribution in [-0.4, -0.2) is 57.2 Å². The van der Waals surface area contributed by atoms with Crippen molar-refractivity contribution in [1.29, 1.82) is 0 Å². The molecule has 1 saturated carbocycles. The van der Waals surface area contributed by atoms with Crippen molar-refractivity contribution in [2.45, 2.75) is 18.3 Å². The third-order valence-corrected chi connectivity index (χ3v) is 6.27. The van der Waals surface area contributed by atoms with Gasteiger partial charge in [0.15, 0.2) is 11.5 Å². The molecule has 0 atom stereocenters. The number of nitrogens with zero attached hydrogens (tertiary/aromatic N) is 2. The fraction of sp³-hybridized carbons (Fsp3) is 0.435. The van der Waals surface area contributed by atoms with Gasteiger partial charge in [0.2, 0.25) is 5.91 Å². The molecule has 2 aliphatic heterocycles. The van der Waals surface area contributed by atoms with Crippen LogP contribution in [0.15, 0.2) is 42.5 Å². The fourth-order valence-corrected chi connectivity index (χ4v) is 4.18. The second-order valence-corrected chi connectivity index (χ2v) is 8.23. The molecule has 2 aromatic carbocycles. The molecule has 152 valence electrons. The molecule has 0 spiro atoms. The van der Waals surface area contributed by atoms with Crippen LogP contribution in [0.4, 0.5) is 11.4 Å². The normalized spacial score (nSPS) is 20.2. The van der Waals surface area contributed by atoms with E-state index in [0.717, 1.165) is 61.8 Å². The van der Waals surface area contributed by atoms with Crippen molar-refractivity contribution in [1.82, 2.24) is 4.90 Å². The van der Waals surface area contributed by atoms with Gasteiger partial charge < -0.3 is 24.6 Å². The van der Waals surface area contributed by atoms with E-state index in [9.17, 15) is 4.79 Å². The molecular weight excluding hydrogens is 366 g/mol. The molecule has 0 unspecified atom stereocenters. The highest BCUT2D eigenvalue weighted by atomic mass is 16.6. The van der Waals surface area contributed by atoms with Gasteiger partial charge in [-0.25, -0.2) is 0 Å². The molecule has 1 saturated heterocycles. The number of fused-ring (bicyclic) bond motifs is 1. The zero-order valence-electron chi connectivity index (χ0n) is 16.8. The molecule has 2 aromatic rings. The Morgan fingerprint density at radius 2 is 1.62 bits per heavy atom. The van der Waals surface area contributed by atoms with Crippen molar-refractivity contribution < 1.29 is 14.3 Å². The van der Waals surface area contributed by atoms with E-state index < -0.39 is 5.41 Å². The molecule has 0 bridgehead atoms. The van der Waals surface area contributed by atoms with Gasteiger partial charge in [-0.2, -0.15) is 0 Å². The number of rotatable bonds is 4. The first-order valence-corrected chi connectivity index (χ1v) is 10.4. The van der Waals surface area contributed by atoms with Gasteiger partial charge in [-0.15, -0.1) is 0 Å². The summed E-state index contributed by atoms with van der Waals surface area (Å²) in [5.74, 6) is 1.56. The van der Waals surface area contributed by atoms with Crippen molar-refractivity contribution in [3.8, 4) is 11.5 Å². The van der Waals surface area contributed by atoms with Gasteiger partial charge >= 0.3 is 0 Å². The Kier molecular flexibility index (Phi) is 4.59. The van der Waals surface area contributed by atoms with Gasteiger partial charge in [0, 0.05) is 37.6 Å². The van der Waals surface area contributed by atoms with Crippen LogP contribution in [0.1, 0.15) is 18.4 Å². The first-order valence-electron chi connectivity index (χ1n) is 10.4. The number of ether oxygens (including phenoxy) is 2. The number of hydrogen-bond donors (Lipinski definition) is 1. The highest BCUT2D eigenvalue weighted by Gasteiger charge is 2.51. The number of likely N-dealkylation sites (N-methyl/N-ethyl adjacent to an activating group) is 1. The first-order chi connectivity index (χ1) is 14.1. The van der Waals surface area contributed by atoms with E-state index in [-0.39, 0.29) is 5.91 Å². The number of nitrogens with one attached hydrogen (secondary N) is 1. The molecule has 6 nitrogen and oxygen atoms in total. The lowest BCUT2D eigenvalue weighted by Gasteiger charge is -2.34. The Morgan fingerprint density at radius 1 is 0.931 bits per heavy atom. The van der Waals surface area contributed by atoms with Gasteiger partial charge in [-0.05, 0) is 61.9 Å². The van der Waals surface area contributed by atoms with Crippen LogP contribution >= 0.6 is 0 Å². The number of carbonyl (C=O) groups excluding carboxylic acids is 1. The predicted octanol–water partition coefficient (Wildman–Crippen LogP) is 2.88. The highest BCUT2D eigenvalue weighted by molar-refractivity contribution is 6.01. The third kappa shape index (κ3) is 3.53. The molecule has 1 N–H and O–H groups in total. The number of piperazine rings is 1. The summed E-state index contributed by atoms with van der Waals surface area (Å²) in [6, 6.07) is 14.1. The number of benzene rings is 2. The van der Waals surface area contributed by atoms with Gasteiger partial charge in [-0.3, -0.25) is 4.79 Å².